The molecule has 0 radical (unpaired) electrons. The maximum absolute atomic E-state index is 13.2. The van der Waals surface area contributed by atoms with E-state index in [-0.39, 0.29) is 5.91 Å². The monoisotopic (exact) mass is 400 g/mol. The van der Waals surface area contributed by atoms with Gasteiger partial charge < -0.3 is 9.64 Å². The Bertz CT molecular complexity index is 848. The highest BCUT2D eigenvalue weighted by Crippen LogP contribution is 2.41. The largest absolute Gasteiger partial charge is 0.379 e. The van der Waals surface area contributed by atoms with E-state index < -0.39 is 0 Å². The lowest BCUT2D eigenvalue weighted by Crippen LogP contribution is -2.44. The number of para-hydroxylation sites is 1. The second-order valence-corrected chi connectivity index (χ2v) is 8.06. The van der Waals surface area contributed by atoms with E-state index in [4.69, 9.17) is 16.3 Å². The Hall–Kier alpha value is -1.79. The SMILES string of the molecule is O=C1/C(=C/c2ccc(Cl)cc2)Sc2ccccc2N1CCN1CCOCC1. The number of ether oxygens (including phenoxy) is 1. The number of carbonyl (C=O) groups is 1. The van der Waals surface area contributed by atoms with Crippen molar-refractivity contribution in [1.29, 1.82) is 0 Å². The van der Waals surface area contributed by atoms with Crippen molar-refractivity contribution in [3.63, 3.8) is 0 Å². The van der Waals surface area contributed by atoms with Crippen molar-refractivity contribution in [3.8, 4) is 0 Å². The van der Waals surface area contributed by atoms with E-state index >= 15 is 0 Å². The lowest BCUT2D eigenvalue weighted by Gasteiger charge is -2.33. The minimum absolute atomic E-state index is 0.0573. The number of morpholine rings is 1. The van der Waals surface area contributed by atoms with Crippen LogP contribution in [0.5, 0.6) is 0 Å². The third kappa shape index (κ3) is 4.38. The summed E-state index contributed by atoms with van der Waals surface area (Å²) in [6.07, 6.45) is 1.95. The number of benzene rings is 2. The normalized spacial score (nSPS) is 19.4. The van der Waals surface area contributed by atoms with Gasteiger partial charge in [0.15, 0.2) is 0 Å². The van der Waals surface area contributed by atoms with Crippen molar-refractivity contribution < 1.29 is 9.53 Å². The number of hydrogen-bond acceptors (Lipinski definition) is 4. The maximum atomic E-state index is 13.2. The van der Waals surface area contributed by atoms with Crippen LogP contribution in [0, 0.1) is 0 Å². The first kappa shape index (κ1) is 18.6. The molecule has 4 rings (SSSR count). The van der Waals surface area contributed by atoms with E-state index in [0.29, 0.717) is 11.6 Å². The van der Waals surface area contributed by atoms with Gasteiger partial charge in [0.05, 0.1) is 23.8 Å². The van der Waals surface area contributed by atoms with Crippen LogP contribution in [-0.2, 0) is 9.53 Å². The van der Waals surface area contributed by atoms with Crippen LogP contribution in [-0.4, -0.2) is 50.2 Å². The van der Waals surface area contributed by atoms with Gasteiger partial charge in [-0.1, -0.05) is 47.6 Å². The Kier molecular flexibility index (Phi) is 5.83. The number of thioether (sulfide) groups is 1. The summed E-state index contributed by atoms with van der Waals surface area (Å²) in [5.74, 6) is 0.0573. The predicted molar refractivity (Wildman–Crippen MR) is 111 cm³/mol. The van der Waals surface area contributed by atoms with Gasteiger partial charge in [-0.3, -0.25) is 9.69 Å². The van der Waals surface area contributed by atoms with E-state index in [2.05, 4.69) is 11.0 Å². The summed E-state index contributed by atoms with van der Waals surface area (Å²) in [6, 6.07) is 15.7. The fourth-order valence-electron chi connectivity index (χ4n) is 3.26. The van der Waals surface area contributed by atoms with Crippen LogP contribution in [0.25, 0.3) is 6.08 Å². The summed E-state index contributed by atoms with van der Waals surface area (Å²) in [5.41, 5.74) is 1.97. The Morgan fingerprint density at radius 2 is 1.78 bits per heavy atom. The maximum Gasteiger partial charge on any atom is 0.265 e. The van der Waals surface area contributed by atoms with Crippen LogP contribution in [0.3, 0.4) is 0 Å². The highest BCUT2D eigenvalue weighted by Gasteiger charge is 2.29. The first-order valence-corrected chi connectivity index (χ1v) is 10.3. The Labute approximate surface area is 168 Å². The number of nitrogens with zero attached hydrogens (tertiary/aromatic N) is 2. The Morgan fingerprint density at radius 1 is 1.04 bits per heavy atom. The molecule has 1 amide bonds. The molecule has 0 aliphatic carbocycles. The number of halogens is 1. The lowest BCUT2D eigenvalue weighted by atomic mass is 10.2. The van der Waals surface area contributed by atoms with Crippen LogP contribution in [0.2, 0.25) is 5.02 Å². The van der Waals surface area contributed by atoms with Gasteiger partial charge in [0.1, 0.15) is 0 Å². The van der Waals surface area contributed by atoms with Gasteiger partial charge in [-0.15, -0.1) is 0 Å². The molecule has 0 saturated carbocycles. The average Bonchev–Trinajstić information content (AvgIpc) is 2.70. The molecule has 2 aliphatic rings. The van der Waals surface area contributed by atoms with E-state index in [0.717, 1.165) is 53.9 Å². The molecule has 0 spiro atoms. The third-order valence-corrected chi connectivity index (χ3v) is 6.07. The van der Waals surface area contributed by atoms with Crippen molar-refractivity contribution in [3.05, 3.63) is 64.0 Å². The molecule has 0 unspecified atom stereocenters. The zero-order valence-electron chi connectivity index (χ0n) is 14.9. The molecule has 1 saturated heterocycles. The highest BCUT2D eigenvalue weighted by atomic mass is 35.5. The number of hydrogen-bond donors (Lipinski definition) is 0. The molecule has 4 nitrogen and oxygen atoms in total. The molecular weight excluding hydrogens is 380 g/mol. The van der Waals surface area contributed by atoms with Gasteiger partial charge in [-0.05, 0) is 35.9 Å². The summed E-state index contributed by atoms with van der Waals surface area (Å²) in [4.78, 5) is 19.3. The van der Waals surface area contributed by atoms with E-state index in [9.17, 15) is 4.79 Å². The zero-order chi connectivity index (χ0) is 18.6. The number of amides is 1. The quantitative estimate of drug-likeness (QED) is 0.722. The van der Waals surface area contributed by atoms with Crippen LogP contribution < -0.4 is 4.90 Å². The fraction of sp³-hybridized carbons (Fsp3) is 0.286. The smallest absolute Gasteiger partial charge is 0.265 e. The Balaban J connectivity index is 1.58. The van der Waals surface area contributed by atoms with Gasteiger partial charge in [-0.25, -0.2) is 0 Å². The van der Waals surface area contributed by atoms with Crippen molar-refractivity contribution in [2.24, 2.45) is 0 Å². The number of carbonyl (C=O) groups excluding carboxylic acids is 1. The van der Waals surface area contributed by atoms with Gasteiger partial charge >= 0.3 is 0 Å². The van der Waals surface area contributed by atoms with Crippen molar-refractivity contribution in [1.82, 2.24) is 4.90 Å². The van der Waals surface area contributed by atoms with E-state index in [1.54, 1.807) is 0 Å². The first-order valence-electron chi connectivity index (χ1n) is 9.07. The molecule has 1 fully saturated rings. The van der Waals surface area contributed by atoms with Gasteiger partial charge in [-0.2, -0.15) is 0 Å². The summed E-state index contributed by atoms with van der Waals surface area (Å²) < 4.78 is 5.42. The van der Waals surface area contributed by atoms with Crippen molar-refractivity contribution in [2.75, 3.05) is 44.3 Å². The molecule has 6 heteroatoms. The topological polar surface area (TPSA) is 32.8 Å². The summed E-state index contributed by atoms with van der Waals surface area (Å²) in [7, 11) is 0. The Morgan fingerprint density at radius 3 is 2.56 bits per heavy atom. The molecule has 2 aromatic rings. The minimum atomic E-state index is 0.0573. The van der Waals surface area contributed by atoms with Crippen LogP contribution in [0.4, 0.5) is 5.69 Å². The average molecular weight is 401 g/mol. The molecule has 0 atom stereocenters. The fourth-order valence-corrected chi connectivity index (χ4v) is 4.45. The molecule has 0 N–H and O–H groups in total. The van der Waals surface area contributed by atoms with Gasteiger partial charge in [0, 0.05) is 36.1 Å². The lowest BCUT2D eigenvalue weighted by molar-refractivity contribution is -0.114. The number of anilines is 1. The second kappa shape index (κ2) is 8.48. The van der Waals surface area contributed by atoms with Crippen molar-refractivity contribution in [2.45, 2.75) is 4.90 Å². The van der Waals surface area contributed by atoms with Crippen LogP contribution in [0.15, 0.2) is 58.3 Å². The molecule has 140 valence electrons. The van der Waals surface area contributed by atoms with Crippen LogP contribution in [0.1, 0.15) is 5.56 Å². The van der Waals surface area contributed by atoms with Gasteiger partial charge in [0.2, 0.25) is 0 Å². The molecule has 2 aromatic carbocycles. The zero-order valence-corrected chi connectivity index (χ0v) is 16.5. The van der Waals surface area contributed by atoms with Gasteiger partial charge in [0.25, 0.3) is 5.91 Å². The first-order chi connectivity index (χ1) is 13.2. The van der Waals surface area contributed by atoms with E-state index in [1.165, 1.54) is 11.8 Å². The number of rotatable bonds is 4. The minimum Gasteiger partial charge on any atom is -0.379 e. The molecule has 27 heavy (non-hydrogen) atoms. The standard InChI is InChI=1S/C21H21ClN2O2S/c22-17-7-5-16(6-8-17)15-20-21(25)24(10-9-23-11-13-26-14-12-23)18-3-1-2-4-19(18)27-20/h1-8,15H,9-14H2/b20-15-. The highest BCUT2D eigenvalue weighted by molar-refractivity contribution is 8.04. The molecule has 2 aliphatic heterocycles. The molecular formula is C21H21ClN2O2S. The summed E-state index contributed by atoms with van der Waals surface area (Å²) in [5, 5.41) is 0.692. The van der Waals surface area contributed by atoms with Crippen molar-refractivity contribution >= 4 is 41.0 Å². The van der Waals surface area contributed by atoms with E-state index in [1.807, 2.05) is 53.4 Å². The van der Waals surface area contributed by atoms with Crippen LogP contribution >= 0.6 is 23.4 Å². The summed E-state index contributed by atoms with van der Waals surface area (Å²) >= 11 is 7.51. The molecule has 0 aromatic heterocycles. The molecule has 2 heterocycles. The second-order valence-electron chi connectivity index (χ2n) is 6.54. The predicted octanol–water partition coefficient (Wildman–Crippen LogP) is 4.15. The molecule has 0 bridgehead atoms. The summed E-state index contributed by atoms with van der Waals surface area (Å²) in [6.45, 7) is 4.90. The number of fused-ring (bicyclic) bond motifs is 1. The third-order valence-electron chi connectivity index (χ3n) is 4.74.